The van der Waals surface area contributed by atoms with Gasteiger partial charge < -0.3 is 15.5 Å². The van der Waals surface area contributed by atoms with E-state index in [0.717, 1.165) is 5.56 Å². The summed E-state index contributed by atoms with van der Waals surface area (Å²) in [7, 11) is 0. The normalized spacial score (nSPS) is 11.0. The van der Waals surface area contributed by atoms with Gasteiger partial charge in [-0.1, -0.05) is 12.1 Å². The molecule has 0 aliphatic carbocycles. The highest BCUT2D eigenvalue weighted by molar-refractivity contribution is 5.23. The van der Waals surface area contributed by atoms with E-state index in [9.17, 15) is 4.39 Å². The summed E-state index contributed by atoms with van der Waals surface area (Å²) in [4.78, 5) is 0. The second-order valence-electron chi connectivity index (χ2n) is 3.53. The average Bonchev–Trinajstić information content (AvgIpc) is 2.24. The molecule has 0 bridgehead atoms. The molecule has 0 radical (unpaired) electrons. The lowest BCUT2D eigenvalue weighted by molar-refractivity contribution is 0.170. The fourth-order valence-electron chi connectivity index (χ4n) is 1.20. The molecule has 0 spiro atoms. The maximum absolute atomic E-state index is 13.1. The van der Waals surface area contributed by atoms with E-state index in [1.807, 2.05) is 6.07 Å². The lowest BCUT2D eigenvalue weighted by Gasteiger charge is -2.13. The predicted molar refractivity (Wildman–Crippen MR) is 55.9 cm³/mol. The summed E-state index contributed by atoms with van der Waals surface area (Å²) in [6.07, 6.45) is 0. The Kier molecular flexibility index (Phi) is 4.68. The third-order valence-electron chi connectivity index (χ3n) is 2.27. The summed E-state index contributed by atoms with van der Waals surface area (Å²) >= 11 is 0. The Hall–Kier alpha value is -0.970. The standard InChI is InChI=1S/C11H16FNO2/c1-8-2-3-9(4-11(8)12)5-13-10(6-14)7-15/h2-4,10,13-15H,5-7H2,1H3. The Morgan fingerprint density at radius 1 is 1.33 bits per heavy atom. The minimum absolute atomic E-state index is 0.134. The Labute approximate surface area is 88.6 Å². The van der Waals surface area contributed by atoms with Crippen LogP contribution in [0, 0.1) is 12.7 Å². The fraction of sp³-hybridized carbons (Fsp3) is 0.455. The smallest absolute Gasteiger partial charge is 0.126 e. The van der Waals surface area contributed by atoms with E-state index in [-0.39, 0.29) is 25.1 Å². The summed E-state index contributed by atoms with van der Waals surface area (Å²) < 4.78 is 13.1. The summed E-state index contributed by atoms with van der Waals surface area (Å²) in [5.74, 6) is -0.237. The van der Waals surface area contributed by atoms with Crippen LogP contribution in [0.2, 0.25) is 0 Å². The monoisotopic (exact) mass is 213 g/mol. The first-order valence-electron chi connectivity index (χ1n) is 4.87. The third kappa shape index (κ3) is 3.58. The van der Waals surface area contributed by atoms with Gasteiger partial charge in [0.25, 0.3) is 0 Å². The van der Waals surface area contributed by atoms with Crippen LogP contribution in [0.4, 0.5) is 4.39 Å². The van der Waals surface area contributed by atoms with Crippen molar-refractivity contribution < 1.29 is 14.6 Å². The number of hydrogen-bond acceptors (Lipinski definition) is 3. The van der Waals surface area contributed by atoms with Crippen molar-refractivity contribution in [2.24, 2.45) is 0 Å². The van der Waals surface area contributed by atoms with Crippen LogP contribution in [0.3, 0.4) is 0 Å². The van der Waals surface area contributed by atoms with E-state index >= 15 is 0 Å². The summed E-state index contributed by atoms with van der Waals surface area (Å²) in [6.45, 7) is 1.87. The average molecular weight is 213 g/mol. The van der Waals surface area contributed by atoms with E-state index < -0.39 is 0 Å². The first-order chi connectivity index (χ1) is 7.17. The van der Waals surface area contributed by atoms with Gasteiger partial charge >= 0.3 is 0 Å². The number of halogens is 1. The number of benzene rings is 1. The van der Waals surface area contributed by atoms with Crippen LogP contribution in [0.25, 0.3) is 0 Å². The van der Waals surface area contributed by atoms with Gasteiger partial charge in [-0.05, 0) is 24.1 Å². The SMILES string of the molecule is Cc1ccc(CNC(CO)CO)cc1F. The molecule has 0 aliphatic heterocycles. The zero-order valence-electron chi connectivity index (χ0n) is 8.70. The van der Waals surface area contributed by atoms with Crippen molar-refractivity contribution in [3.63, 3.8) is 0 Å². The number of aryl methyl sites for hydroxylation is 1. The molecule has 1 aromatic carbocycles. The van der Waals surface area contributed by atoms with Gasteiger partial charge in [0.1, 0.15) is 5.82 Å². The molecular weight excluding hydrogens is 197 g/mol. The third-order valence-corrected chi connectivity index (χ3v) is 2.27. The van der Waals surface area contributed by atoms with E-state index in [1.54, 1.807) is 13.0 Å². The lowest BCUT2D eigenvalue weighted by Crippen LogP contribution is -2.35. The highest BCUT2D eigenvalue weighted by Gasteiger charge is 2.05. The van der Waals surface area contributed by atoms with Crippen LogP contribution >= 0.6 is 0 Å². The van der Waals surface area contributed by atoms with Crippen LogP contribution in [0.5, 0.6) is 0 Å². The van der Waals surface area contributed by atoms with Crippen molar-refractivity contribution in [2.75, 3.05) is 13.2 Å². The van der Waals surface area contributed by atoms with Gasteiger partial charge in [-0.25, -0.2) is 4.39 Å². The lowest BCUT2D eigenvalue weighted by atomic mass is 10.1. The number of rotatable bonds is 5. The molecule has 0 unspecified atom stereocenters. The first kappa shape index (κ1) is 12.1. The summed E-state index contributed by atoms with van der Waals surface area (Å²) in [6, 6.07) is 4.62. The van der Waals surface area contributed by atoms with Gasteiger partial charge in [0.2, 0.25) is 0 Å². The molecule has 15 heavy (non-hydrogen) atoms. The van der Waals surface area contributed by atoms with E-state index in [4.69, 9.17) is 10.2 Å². The zero-order valence-corrected chi connectivity index (χ0v) is 8.70. The van der Waals surface area contributed by atoms with Gasteiger partial charge in [-0.15, -0.1) is 0 Å². The maximum Gasteiger partial charge on any atom is 0.126 e. The molecule has 3 nitrogen and oxygen atoms in total. The van der Waals surface area contributed by atoms with Crippen molar-refractivity contribution in [3.05, 3.63) is 35.1 Å². The van der Waals surface area contributed by atoms with Gasteiger partial charge in [0.05, 0.1) is 19.3 Å². The molecule has 0 fully saturated rings. The minimum atomic E-state index is -0.352. The second-order valence-corrected chi connectivity index (χ2v) is 3.53. The van der Waals surface area contributed by atoms with Gasteiger partial charge in [0.15, 0.2) is 0 Å². The van der Waals surface area contributed by atoms with Crippen LogP contribution in [-0.2, 0) is 6.54 Å². The molecule has 0 heterocycles. The Balaban J connectivity index is 2.54. The molecule has 84 valence electrons. The minimum Gasteiger partial charge on any atom is -0.395 e. The largest absolute Gasteiger partial charge is 0.395 e. The number of hydrogen-bond donors (Lipinski definition) is 3. The van der Waals surface area contributed by atoms with E-state index in [0.29, 0.717) is 12.1 Å². The molecule has 0 aromatic heterocycles. The van der Waals surface area contributed by atoms with Gasteiger partial charge in [-0.3, -0.25) is 0 Å². The van der Waals surface area contributed by atoms with Crippen LogP contribution < -0.4 is 5.32 Å². The Morgan fingerprint density at radius 2 is 2.00 bits per heavy atom. The molecular formula is C11H16FNO2. The number of nitrogens with one attached hydrogen (secondary N) is 1. The van der Waals surface area contributed by atoms with Crippen molar-refractivity contribution in [3.8, 4) is 0 Å². The van der Waals surface area contributed by atoms with Crippen molar-refractivity contribution in [1.29, 1.82) is 0 Å². The molecule has 3 N–H and O–H groups in total. The van der Waals surface area contributed by atoms with Crippen LogP contribution in [0.1, 0.15) is 11.1 Å². The van der Waals surface area contributed by atoms with Crippen molar-refractivity contribution in [2.45, 2.75) is 19.5 Å². The topological polar surface area (TPSA) is 52.5 Å². The number of aliphatic hydroxyl groups excluding tert-OH is 2. The Morgan fingerprint density at radius 3 is 2.53 bits per heavy atom. The molecule has 0 saturated carbocycles. The van der Waals surface area contributed by atoms with Crippen molar-refractivity contribution >= 4 is 0 Å². The molecule has 0 aliphatic rings. The van der Waals surface area contributed by atoms with E-state index in [1.165, 1.54) is 6.07 Å². The van der Waals surface area contributed by atoms with Gasteiger partial charge in [0, 0.05) is 6.54 Å². The molecule has 4 heteroatoms. The predicted octanol–water partition coefficient (Wildman–Crippen LogP) is 0.577. The summed E-state index contributed by atoms with van der Waals surface area (Å²) in [5, 5.41) is 20.5. The van der Waals surface area contributed by atoms with Gasteiger partial charge in [-0.2, -0.15) is 0 Å². The van der Waals surface area contributed by atoms with E-state index in [2.05, 4.69) is 5.32 Å². The second kappa shape index (κ2) is 5.80. The quantitative estimate of drug-likeness (QED) is 0.670. The first-order valence-corrected chi connectivity index (χ1v) is 4.87. The molecule has 0 atom stereocenters. The summed E-state index contributed by atoms with van der Waals surface area (Å²) in [5.41, 5.74) is 1.41. The van der Waals surface area contributed by atoms with Crippen LogP contribution in [-0.4, -0.2) is 29.5 Å². The Bertz CT molecular complexity index is 313. The van der Waals surface area contributed by atoms with Crippen molar-refractivity contribution in [1.82, 2.24) is 5.32 Å². The number of aliphatic hydroxyl groups is 2. The highest BCUT2D eigenvalue weighted by Crippen LogP contribution is 2.08. The molecule has 0 amide bonds. The molecule has 0 saturated heterocycles. The fourth-order valence-corrected chi connectivity index (χ4v) is 1.20. The van der Waals surface area contributed by atoms with Crippen LogP contribution in [0.15, 0.2) is 18.2 Å². The molecule has 1 aromatic rings. The maximum atomic E-state index is 13.1. The zero-order chi connectivity index (χ0) is 11.3. The highest BCUT2D eigenvalue weighted by atomic mass is 19.1. The molecule has 1 rings (SSSR count).